The lowest BCUT2D eigenvalue weighted by molar-refractivity contribution is 0.0858. The predicted molar refractivity (Wildman–Crippen MR) is 77.1 cm³/mol. The summed E-state index contributed by atoms with van der Waals surface area (Å²) in [5.41, 5.74) is 6.86. The molecule has 0 bridgehead atoms. The molecule has 0 saturated heterocycles. The van der Waals surface area contributed by atoms with Crippen molar-refractivity contribution in [3.05, 3.63) is 64.7 Å². The highest BCUT2D eigenvalue weighted by Gasteiger charge is 2.32. The van der Waals surface area contributed by atoms with Crippen LogP contribution in [0.3, 0.4) is 0 Å². The fourth-order valence-corrected chi connectivity index (χ4v) is 2.69. The summed E-state index contributed by atoms with van der Waals surface area (Å²) in [4.78, 5) is 12.2. The number of amides is 1. The van der Waals surface area contributed by atoms with E-state index in [9.17, 15) is 18.7 Å². The number of aliphatic hydroxyl groups is 1. The van der Waals surface area contributed by atoms with Crippen LogP contribution in [-0.4, -0.2) is 17.1 Å². The Morgan fingerprint density at radius 1 is 1.23 bits per heavy atom. The third-order valence-corrected chi connectivity index (χ3v) is 3.80. The normalized spacial score (nSPS) is 19.8. The van der Waals surface area contributed by atoms with Gasteiger partial charge in [-0.2, -0.15) is 0 Å². The van der Waals surface area contributed by atoms with Gasteiger partial charge in [0.1, 0.15) is 11.6 Å². The number of benzene rings is 2. The number of carbonyl (C=O) groups excluding carboxylic acids is 1. The Morgan fingerprint density at radius 3 is 2.73 bits per heavy atom. The number of nitrogens with one attached hydrogen (secondary N) is 1. The number of carbonyl (C=O) groups is 1. The summed E-state index contributed by atoms with van der Waals surface area (Å²) in [5, 5.41) is 12.8. The van der Waals surface area contributed by atoms with Crippen LogP contribution in [0.1, 0.15) is 27.5 Å². The number of nitrogen functional groups attached to an aromatic ring is 1. The molecule has 22 heavy (non-hydrogen) atoms. The third-order valence-electron chi connectivity index (χ3n) is 3.80. The Labute approximate surface area is 125 Å². The first-order valence-electron chi connectivity index (χ1n) is 6.78. The monoisotopic (exact) mass is 304 g/mol. The second-order valence-corrected chi connectivity index (χ2v) is 5.30. The molecule has 4 N–H and O–H groups in total. The molecule has 0 spiro atoms. The fraction of sp³-hybridized carbons (Fsp3) is 0.188. The molecule has 4 nitrogen and oxygen atoms in total. The van der Waals surface area contributed by atoms with Gasteiger partial charge in [0, 0.05) is 12.0 Å². The molecule has 0 aromatic heterocycles. The maximum Gasteiger partial charge on any atom is 0.251 e. The third kappa shape index (κ3) is 2.53. The molecule has 2 aromatic carbocycles. The van der Waals surface area contributed by atoms with E-state index >= 15 is 0 Å². The van der Waals surface area contributed by atoms with Crippen molar-refractivity contribution < 1.29 is 18.7 Å². The molecule has 114 valence electrons. The first-order chi connectivity index (χ1) is 10.5. The van der Waals surface area contributed by atoms with Crippen LogP contribution >= 0.6 is 0 Å². The molecule has 0 radical (unpaired) electrons. The minimum atomic E-state index is -0.835. The minimum absolute atomic E-state index is 0.123. The van der Waals surface area contributed by atoms with E-state index in [1.807, 2.05) is 0 Å². The summed E-state index contributed by atoms with van der Waals surface area (Å²) in [6.07, 6.45) is -0.567. The molecule has 0 saturated carbocycles. The van der Waals surface area contributed by atoms with Gasteiger partial charge >= 0.3 is 0 Å². The van der Waals surface area contributed by atoms with E-state index in [0.717, 1.165) is 6.07 Å². The van der Waals surface area contributed by atoms with Crippen LogP contribution in [0.2, 0.25) is 0 Å². The van der Waals surface area contributed by atoms with Gasteiger partial charge in [0.05, 0.1) is 17.8 Å². The van der Waals surface area contributed by atoms with E-state index in [0.29, 0.717) is 11.1 Å². The number of hydrogen-bond acceptors (Lipinski definition) is 3. The van der Waals surface area contributed by atoms with Crippen molar-refractivity contribution in [2.45, 2.75) is 18.6 Å². The molecule has 1 aliphatic rings. The highest BCUT2D eigenvalue weighted by Crippen LogP contribution is 2.32. The first kappa shape index (κ1) is 14.5. The largest absolute Gasteiger partial charge is 0.396 e. The quantitative estimate of drug-likeness (QED) is 0.742. The van der Waals surface area contributed by atoms with E-state index in [4.69, 9.17) is 5.73 Å². The van der Waals surface area contributed by atoms with E-state index in [2.05, 4.69) is 5.32 Å². The smallest absolute Gasteiger partial charge is 0.251 e. The number of halogens is 2. The van der Waals surface area contributed by atoms with E-state index in [1.165, 1.54) is 24.3 Å². The Hall–Kier alpha value is -2.47. The lowest BCUT2D eigenvalue weighted by Gasteiger charge is -2.18. The average Bonchev–Trinajstić information content (AvgIpc) is 2.77. The topological polar surface area (TPSA) is 75.4 Å². The highest BCUT2D eigenvalue weighted by molar-refractivity contribution is 5.95. The van der Waals surface area contributed by atoms with Crippen LogP contribution in [0, 0.1) is 11.6 Å². The summed E-state index contributed by atoms with van der Waals surface area (Å²) in [7, 11) is 0. The molecule has 3 rings (SSSR count). The molecule has 0 aliphatic heterocycles. The number of anilines is 1. The van der Waals surface area contributed by atoms with Gasteiger partial charge < -0.3 is 16.2 Å². The molecular formula is C16H14F2N2O2. The summed E-state index contributed by atoms with van der Waals surface area (Å²) in [5.74, 6) is -1.46. The summed E-state index contributed by atoms with van der Waals surface area (Å²) in [6, 6.07) is 7.20. The van der Waals surface area contributed by atoms with Gasteiger partial charge in [0.15, 0.2) is 0 Å². The van der Waals surface area contributed by atoms with Crippen molar-refractivity contribution >= 4 is 11.6 Å². The molecule has 1 aliphatic carbocycles. The second kappa shape index (κ2) is 5.38. The van der Waals surface area contributed by atoms with Gasteiger partial charge in [-0.3, -0.25) is 4.79 Å². The number of rotatable bonds is 2. The highest BCUT2D eigenvalue weighted by atomic mass is 19.1. The van der Waals surface area contributed by atoms with E-state index < -0.39 is 23.9 Å². The number of hydrogen-bond donors (Lipinski definition) is 3. The number of nitrogens with two attached hydrogens (primary N) is 1. The molecule has 0 fully saturated rings. The first-order valence-corrected chi connectivity index (χ1v) is 6.78. The maximum atomic E-state index is 13.2. The van der Waals surface area contributed by atoms with Crippen LogP contribution in [0.15, 0.2) is 36.4 Å². The van der Waals surface area contributed by atoms with Crippen molar-refractivity contribution in [2.24, 2.45) is 0 Å². The van der Waals surface area contributed by atoms with Crippen molar-refractivity contribution in [1.29, 1.82) is 0 Å². The average molecular weight is 304 g/mol. The van der Waals surface area contributed by atoms with Crippen molar-refractivity contribution in [1.82, 2.24) is 5.32 Å². The zero-order chi connectivity index (χ0) is 15.9. The molecule has 1 amide bonds. The minimum Gasteiger partial charge on any atom is -0.396 e. The van der Waals surface area contributed by atoms with E-state index in [1.54, 1.807) is 6.07 Å². The van der Waals surface area contributed by atoms with Gasteiger partial charge in [-0.05, 0) is 41.5 Å². The Kier molecular flexibility index (Phi) is 3.54. The molecule has 0 unspecified atom stereocenters. The van der Waals surface area contributed by atoms with Crippen molar-refractivity contribution in [3.63, 3.8) is 0 Å². The van der Waals surface area contributed by atoms with Crippen molar-refractivity contribution in [2.75, 3.05) is 5.73 Å². The standard InChI is InChI=1S/C16H14F2N2O2/c17-10-2-3-11-9(5-10)7-14(21)15(11)20-16(22)8-1-4-12(18)13(19)6-8/h1-6,14-15,21H,7,19H2,(H,20,22)/t14-,15-/m1/s1. The molecule has 2 aromatic rings. The fourth-order valence-electron chi connectivity index (χ4n) is 2.69. The van der Waals surface area contributed by atoms with Crippen LogP contribution in [0.25, 0.3) is 0 Å². The molecular weight excluding hydrogens is 290 g/mol. The van der Waals surface area contributed by atoms with Crippen molar-refractivity contribution in [3.8, 4) is 0 Å². The van der Waals surface area contributed by atoms with Gasteiger partial charge in [0.2, 0.25) is 0 Å². The SMILES string of the molecule is Nc1cc(C(=O)N[C@@H]2c3ccc(F)cc3C[C@H]2O)ccc1F. The zero-order valence-electron chi connectivity index (χ0n) is 11.5. The van der Waals surface area contributed by atoms with Gasteiger partial charge in [-0.15, -0.1) is 0 Å². The molecule has 6 heteroatoms. The Bertz CT molecular complexity index is 749. The lowest BCUT2D eigenvalue weighted by atomic mass is 10.1. The van der Waals surface area contributed by atoms with Gasteiger partial charge in [-0.25, -0.2) is 8.78 Å². The van der Waals surface area contributed by atoms with Crippen LogP contribution < -0.4 is 11.1 Å². The molecule has 0 heterocycles. The van der Waals surface area contributed by atoms with E-state index in [-0.39, 0.29) is 23.5 Å². The van der Waals surface area contributed by atoms with Gasteiger partial charge in [-0.1, -0.05) is 6.07 Å². The Morgan fingerprint density at radius 2 is 2.00 bits per heavy atom. The lowest BCUT2D eigenvalue weighted by Crippen LogP contribution is -2.33. The Balaban J connectivity index is 1.84. The van der Waals surface area contributed by atoms with Crippen LogP contribution in [0.5, 0.6) is 0 Å². The number of aliphatic hydroxyl groups excluding tert-OH is 1. The van der Waals surface area contributed by atoms with Crippen LogP contribution in [0.4, 0.5) is 14.5 Å². The number of fused-ring (bicyclic) bond motifs is 1. The summed E-state index contributed by atoms with van der Waals surface area (Å²) >= 11 is 0. The second-order valence-electron chi connectivity index (χ2n) is 5.30. The van der Waals surface area contributed by atoms with Gasteiger partial charge in [0.25, 0.3) is 5.91 Å². The summed E-state index contributed by atoms with van der Waals surface area (Å²) in [6.45, 7) is 0. The predicted octanol–water partition coefficient (Wildman–Crippen LogP) is 1.94. The maximum absolute atomic E-state index is 13.2. The molecule has 2 atom stereocenters. The zero-order valence-corrected chi connectivity index (χ0v) is 11.5. The van der Waals surface area contributed by atoms with Crippen LogP contribution in [-0.2, 0) is 6.42 Å². The summed E-state index contributed by atoms with van der Waals surface area (Å²) < 4.78 is 26.3.